The van der Waals surface area contributed by atoms with Gasteiger partial charge in [-0.3, -0.25) is 4.79 Å². The van der Waals surface area contributed by atoms with Crippen LogP contribution in [0.5, 0.6) is 0 Å². The zero-order valence-electron chi connectivity index (χ0n) is 17.7. The van der Waals surface area contributed by atoms with Crippen molar-refractivity contribution < 1.29 is 4.79 Å². The quantitative estimate of drug-likeness (QED) is 0.500. The lowest BCUT2D eigenvalue weighted by Gasteiger charge is -2.30. The maximum atomic E-state index is 13.6. The topological polar surface area (TPSA) is 64.9 Å². The molecule has 0 fully saturated rings. The Hall–Kier alpha value is -3.75. The van der Waals surface area contributed by atoms with Gasteiger partial charge < -0.3 is 10.6 Å². The molecule has 0 saturated heterocycles. The number of benzene rings is 3. The lowest BCUT2D eigenvalue weighted by molar-refractivity contribution is -0.113. The van der Waals surface area contributed by atoms with Gasteiger partial charge in [0, 0.05) is 17.1 Å². The van der Waals surface area contributed by atoms with Crippen LogP contribution in [0.15, 0.2) is 113 Å². The van der Waals surface area contributed by atoms with E-state index in [4.69, 9.17) is 0 Å². The van der Waals surface area contributed by atoms with Crippen LogP contribution in [0.2, 0.25) is 0 Å². The molecule has 0 spiro atoms. The number of nitrogens with one attached hydrogen (secondary N) is 2. The molecular weight excluding hydrogens is 414 g/mol. The summed E-state index contributed by atoms with van der Waals surface area (Å²) >= 11 is 1.58. The number of rotatable bonds is 6. The molecule has 2 N–H and O–H groups in total. The molecule has 1 aliphatic heterocycles. The van der Waals surface area contributed by atoms with E-state index < -0.39 is 5.92 Å². The Morgan fingerprint density at radius 3 is 2.19 bits per heavy atom. The minimum atomic E-state index is -0.440. The van der Waals surface area contributed by atoms with Crippen LogP contribution in [-0.4, -0.2) is 5.91 Å². The van der Waals surface area contributed by atoms with Crippen molar-refractivity contribution in [2.75, 3.05) is 5.32 Å². The lowest BCUT2D eigenvalue weighted by atomic mass is 9.82. The number of anilines is 1. The van der Waals surface area contributed by atoms with Crippen molar-refractivity contribution in [2.45, 2.75) is 18.6 Å². The molecule has 3 aromatic rings. The second-order valence-electron chi connectivity index (χ2n) is 7.46. The molecule has 1 unspecified atom stereocenters. The first-order valence-electron chi connectivity index (χ1n) is 10.4. The average molecular weight is 438 g/mol. The van der Waals surface area contributed by atoms with Gasteiger partial charge >= 0.3 is 0 Å². The summed E-state index contributed by atoms with van der Waals surface area (Å²) in [6.45, 7) is 1.89. The molecule has 0 saturated carbocycles. The van der Waals surface area contributed by atoms with Crippen LogP contribution in [-0.2, 0) is 10.5 Å². The molecule has 1 aliphatic rings. The van der Waals surface area contributed by atoms with Crippen molar-refractivity contribution in [1.29, 1.82) is 5.26 Å². The van der Waals surface area contributed by atoms with Gasteiger partial charge in [0.15, 0.2) is 0 Å². The number of hydrogen-bond acceptors (Lipinski definition) is 4. The van der Waals surface area contributed by atoms with Gasteiger partial charge in [-0.1, -0.05) is 78.9 Å². The normalized spacial score (nSPS) is 15.7. The minimum Gasteiger partial charge on any atom is -0.353 e. The SMILES string of the molecule is CC1=C(C#N)C(c2ccccc2)C(C(=O)Nc2ccccc2)=C(SCc2ccccc2)N1. The Labute approximate surface area is 192 Å². The van der Waals surface area contributed by atoms with E-state index in [9.17, 15) is 10.1 Å². The smallest absolute Gasteiger partial charge is 0.255 e. The first kappa shape index (κ1) is 21.5. The number of amides is 1. The molecule has 5 heteroatoms. The van der Waals surface area contributed by atoms with Gasteiger partial charge in [0.05, 0.1) is 28.2 Å². The predicted molar refractivity (Wildman–Crippen MR) is 130 cm³/mol. The largest absolute Gasteiger partial charge is 0.353 e. The van der Waals surface area contributed by atoms with Crippen molar-refractivity contribution >= 4 is 23.4 Å². The van der Waals surface area contributed by atoms with Gasteiger partial charge in [-0.05, 0) is 30.2 Å². The summed E-state index contributed by atoms with van der Waals surface area (Å²) in [6, 6.07) is 31.6. The van der Waals surface area contributed by atoms with Gasteiger partial charge in [-0.15, -0.1) is 11.8 Å². The standard InChI is InChI=1S/C27H23N3OS/c1-19-23(17-28)24(21-13-7-3-8-14-21)25(26(31)30-22-15-9-4-10-16-22)27(29-19)32-18-20-11-5-2-6-12-20/h2-16,24,29H,18H2,1H3,(H,30,31). The van der Waals surface area contributed by atoms with Crippen molar-refractivity contribution in [3.8, 4) is 6.07 Å². The number of nitrogens with zero attached hydrogens (tertiary/aromatic N) is 1. The second-order valence-corrected chi connectivity index (χ2v) is 8.44. The fraction of sp³-hybridized carbons (Fsp3) is 0.111. The molecule has 1 atom stereocenters. The highest BCUT2D eigenvalue weighted by atomic mass is 32.2. The van der Waals surface area contributed by atoms with E-state index in [-0.39, 0.29) is 5.91 Å². The third kappa shape index (κ3) is 4.77. The molecule has 32 heavy (non-hydrogen) atoms. The lowest BCUT2D eigenvalue weighted by Crippen LogP contribution is -2.30. The number of dihydropyridines is 1. The van der Waals surface area contributed by atoms with Crippen LogP contribution in [0, 0.1) is 11.3 Å². The Morgan fingerprint density at radius 2 is 1.56 bits per heavy atom. The van der Waals surface area contributed by atoms with Gasteiger partial charge in [0.1, 0.15) is 0 Å². The summed E-state index contributed by atoms with van der Waals surface area (Å²) in [4.78, 5) is 13.6. The summed E-state index contributed by atoms with van der Waals surface area (Å²) in [5.41, 5.74) is 4.68. The molecule has 0 radical (unpaired) electrons. The van der Waals surface area contributed by atoms with E-state index >= 15 is 0 Å². The van der Waals surface area contributed by atoms with Crippen LogP contribution < -0.4 is 10.6 Å². The van der Waals surface area contributed by atoms with Crippen LogP contribution in [0.1, 0.15) is 24.0 Å². The fourth-order valence-electron chi connectivity index (χ4n) is 3.72. The van der Waals surface area contributed by atoms with Crippen LogP contribution in [0.25, 0.3) is 0 Å². The number of para-hydroxylation sites is 1. The van der Waals surface area contributed by atoms with E-state index in [1.54, 1.807) is 11.8 Å². The van der Waals surface area contributed by atoms with E-state index in [2.05, 4.69) is 28.8 Å². The molecular formula is C27H23N3OS. The van der Waals surface area contributed by atoms with E-state index in [0.717, 1.165) is 16.3 Å². The maximum Gasteiger partial charge on any atom is 0.255 e. The van der Waals surface area contributed by atoms with Crippen molar-refractivity contribution in [1.82, 2.24) is 5.32 Å². The highest BCUT2D eigenvalue weighted by Gasteiger charge is 2.34. The third-order valence-corrected chi connectivity index (χ3v) is 6.37. The third-order valence-electron chi connectivity index (χ3n) is 5.28. The van der Waals surface area contributed by atoms with Crippen LogP contribution in [0.3, 0.4) is 0 Å². The van der Waals surface area contributed by atoms with Gasteiger partial charge in [-0.25, -0.2) is 0 Å². The van der Waals surface area contributed by atoms with Crippen LogP contribution >= 0.6 is 11.8 Å². The molecule has 0 aromatic heterocycles. The van der Waals surface area contributed by atoms with Gasteiger partial charge in [0.2, 0.25) is 0 Å². The number of allylic oxidation sites excluding steroid dienone is 2. The molecule has 0 bridgehead atoms. The summed E-state index contributed by atoms with van der Waals surface area (Å²) in [7, 11) is 0. The summed E-state index contributed by atoms with van der Waals surface area (Å²) < 4.78 is 0. The summed E-state index contributed by atoms with van der Waals surface area (Å²) in [6.07, 6.45) is 0. The number of carbonyl (C=O) groups excluding carboxylic acids is 1. The Bertz CT molecular complexity index is 1200. The Balaban J connectivity index is 1.77. The van der Waals surface area contributed by atoms with Crippen molar-refractivity contribution in [3.63, 3.8) is 0 Å². The van der Waals surface area contributed by atoms with Gasteiger partial charge in [0.25, 0.3) is 5.91 Å². The minimum absolute atomic E-state index is 0.214. The van der Waals surface area contributed by atoms with Crippen molar-refractivity contribution in [3.05, 3.63) is 124 Å². The second kappa shape index (κ2) is 10.0. The first-order chi connectivity index (χ1) is 15.7. The molecule has 4 nitrogen and oxygen atoms in total. The highest BCUT2D eigenvalue weighted by molar-refractivity contribution is 8.02. The number of hydrogen-bond donors (Lipinski definition) is 2. The first-order valence-corrected chi connectivity index (χ1v) is 11.4. The number of thioether (sulfide) groups is 1. The summed E-state index contributed by atoms with van der Waals surface area (Å²) in [5, 5.41) is 17.1. The molecule has 4 rings (SSSR count). The molecule has 158 valence electrons. The Kier molecular flexibility index (Phi) is 6.74. The number of nitriles is 1. The van der Waals surface area contributed by atoms with E-state index in [1.165, 1.54) is 5.56 Å². The van der Waals surface area contributed by atoms with Gasteiger partial charge in [-0.2, -0.15) is 5.26 Å². The average Bonchev–Trinajstić information content (AvgIpc) is 2.84. The number of carbonyl (C=O) groups is 1. The summed E-state index contributed by atoms with van der Waals surface area (Å²) in [5.74, 6) is 0.0555. The fourth-order valence-corrected chi connectivity index (χ4v) is 4.82. The molecule has 1 amide bonds. The molecule has 3 aromatic carbocycles. The van der Waals surface area contributed by atoms with E-state index in [1.807, 2.05) is 85.8 Å². The zero-order valence-corrected chi connectivity index (χ0v) is 18.5. The predicted octanol–water partition coefficient (Wildman–Crippen LogP) is 5.95. The van der Waals surface area contributed by atoms with Crippen LogP contribution in [0.4, 0.5) is 5.69 Å². The van der Waals surface area contributed by atoms with Crippen molar-refractivity contribution in [2.24, 2.45) is 0 Å². The monoisotopic (exact) mass is 437 g/mol. The molecule has 0 aliphatic carbocycles. The maximum absolute atomic E-state index is 13.6. The highest BCUT2D eigenvalue weighted by Crippen LogP contribution is 2.41. The van der Waals surface area contributed by atoms with E-state index in [0.29, 0.717) is 22.6 Å². The zero-order chi connectivity index (χ0) is 22.3. The molecule has 1 heterocycles. The Morgan fingerprint density at radius 1 is 0.969 bits per heavy atom.